The van der Waals surface area contributed by atoms with Crippen LogP contribution in [0.25, 0.3) is 0 Å². The van der Waals surface area contributed by atoms with Crippen LogP contribution in [0.3, 0.4) is 0 Å². The van der Waals surface area contributed by atoms with Gasteiger partial charge in [0.05, 0.1) is 28.8 Å². The molecule has 0 bridgehead atoms. The number of rotatable bonds is 6. The van der Waals surface area contributed by atoms with Crippen molar-refractivity contribution in [1.29, 1.82) is 0 Å². The van der Waals surface area contributed by atoms with Gasteiger partial charge >= 0.3 is 12.0 Å². The lowest BCUT2D eigenvalue weighted by atomic mass is 10.2. The molecular weight excluding hydrogens is 449 g/mol. The minimum atomic E-state index is -4.00. The van der Waals surface area contributed by atoms with Gasteiger partial charge in [-0.05, 0) is 19.1 Å². The number of carbonyl (C=O) groups is 3. The first kappa shape index (κ1) is 23.4. The zero-order valence-electron chi connectivity index (χ0n) is 15.4. The Morgan fingerprint density at radius 1 is 1.17 bits per heavy atom. The van der Waals surface area contributed by atoms with Crippen LogP contribution in [0, 0.1) is 0 Å². The summed E-state index contributed by atoms with van der Waals surface area (Å²) in [7, 11) is -4.00. The van der Waals surface area contributed by atoms with Gasteiger partial charge in [-0.1, -0.05) is 23.2 Å². The molecule has 1 aliphatic heterocycles. The Kier molecular flexibility index (Phi) is 8.23. The maximum absolute atomic E-state index is 12.8. The van der Waals surface area contributed by atoms with Crippen LogP contribution < -0.4 is 10.6 Å². The van der Waals surface area contributed by atoms with Gasteiger partial charge in [-0.15, -0.1) is 0 Å². The number of amides is 3. The molecule has 0 aromatic heterocycles. The number of carbonyl (C=O) groups excluding carboxylic acids is 3. The number of nitrogens with one attached hydrogen (secondary N) is 2. The van der Waals surface area contributed by atoms with E-state index in [4.69, 9.17) is 32.7 Å². The highest BCUT2D eigenvalue weighted by Gasteiger charge is 2.30. The molecule has 10 nitrogen and oxygen atoms in total. The number of morpholine rings is 1. The number of benzene rings is 1. The van der Waals surface area contributed by atoms with Crippen LogP contribution in [0.5, 0.6) is 0 Å². The SMILES string of the molecule is CCNC(=O)NC(=O)COC(=O)c1cc(S(=O)(=O)N2CCOCC2)c(Cl)cc1Cl. The highest BCUT2D eigenvalue weighted by molar-refractivity contribution is 7.89. The summed E-state index contributed by atoms with van der Waals surface area (Å²) in [5.41, 5.74) is -0.284. The molecule has 1 aromatic carbocycles. The second kappa shape index (κ2) is 10.2. The van der Waals surface area contributed by atoms with Gasteiger partial charge in [0.2, 0.25) is 10.0 Å². The van der Waals surface area contributed by atoms with Gasteiger partial charge in [0.15, 0.2) is 6.61 Å². The number of nitrogens with zero attached hydrogens (tertiary/aromatic N) is 1. The Balaban J connectivity index is 2.16. The van der Waals surface area contributed by atoms with Gasteiger partial charge in [0.25, 0.3) is 5.91 Å². The van der Waals surface area contributed by atoms with Crippen molar-refractivity contribution in [3.05, 3.63) is 27.7 Å². The Morgan fingerprint density at radius 3 is 2.45 bits per heavy atom. The molecule has 1 aromatic rings. The maximum Gasteiger partial charge on any atom is 0.340 e. The third-order valence-electron chi connectivity index (χ3n) is 3.75. The van der Waals surface area contributed by atoms with Crippen molar-refractivity contribution in [2.75, 3.05) is 39.5 Å². The summed E-state index contributed by atoms with van der Waals surface area (Å²) in [5.74, 6) is -1.91. The quantitative estimate of drug-likeness (QED) is 0.596. The summed E-state index contributed by atoms with van der Waals surface area (Å²) < 4.78 is 36.8. The summed E-state index contributed by atoms with van der Waals surface area (Å²) in [6.07, 6.45) is 0. The van der Waals surface area contributed by atoms with Crippen LogP contribution in [-0.2, 0) is 24.3 Å². The third kappa shape index (κ3) is 6.03. The molecular formula is C16H19Cl2N3O7S. The van der Waals surface area contributed by atoms with Gasteiger partial charge < -0.3 is 14.8 Å². The van der Waals surface area contributed by atoms with E-state index in [0.717, 1.165) is 12.1 Å². The summed E-state index contributed by atoms with van der Waals surface area (Å²) in [6, 6.07) is 1.37. The summed E-state index contributed by atoms with van der Waals surface area (Å²) in [6.45, 7) is 1.96. The van der Waals surface area contributed by atoms with E-state index >= 15 is 0 Å². The van der Waals surface area contributed by atoms with Gasteiger partial charge in [0, 0.05) is 19.6 Å². The lowest BCUT2D eigenvalue weighted by Gasteiger charge is -2.26. The standard InChI is InChI=1S/C16H19Cl2N3O7S/c1-2-19-16(24)20-14(22)9-28-15(23)10-7-13(12(18)8-11(10)17)29(25,26)21-3-5-27-6-4-21/h7-8H,2-6,9H2,1H3,(H2,19,20,22,24). The van der Waals surface area contributed by atoms with Crippen LogP contribution in [-0.4, -0.2) is 70.1 Å². The molecule has 13 heteroatoms. The second-order valence-corrected chi connectivity index (χ2v) is 8.48. The molecule has 160 valence electrons. The molecule has 0 saturated carbocycles. The lowest BCUT2D eigenvalue weighted by molar-refractivity contribution is -0.123. The lowest BCUT2D eigenvalue weighted by Crippen LogP contribution is -2.41. The number of ether oxygens (including phenoxy) is 2. The fraction of sp³-hybridized carbons (Fsp3) is 0.438. The Bertz CT molecular complexity index is 902. The van der Waals surface area contributed by atoms with Crippen molar-refractivity contribution in [2.45, 2.75) is 11.8 Å². The zero-order chi connectivity index (χ0) is 21.6. The number of esters is 1. The predicted molar refractivity (Wildman–Crippen MR) is 104 cm³/mol. The number of sulfonamides is 1. The molecule has 1 heterocycles. The van der Waals surface area contributed by atoms with Crippen LogP contribution >= 0.6 is 23.2 Å². The van der Waals surface area contributed by atoms with Crippen LogP contribution in [0.2, 0.25) is 10.0 Å². The van der Waals surface area contributed by atoms with Crippen molar-refractivity contribution >= 4 is 51.1 Å². The van der Waals surface area contributed by atoms with E-state index < -0.39 is 34.5 Å². The van der Waals surface area contributed by atoms with Crippen LogP contribution in [0.15, 0.2) is 17.0 Å². The first-order valence-corrected chi connectivity index (χ1v) is 10.7. The largest absolute Gasteiger partial charge is 0.452 e. The van der Waals surface area contributed by atoms with E-state index in [1.165, 1.54) is 4.31 Å². The molecule has 0 atom stereocenters. The summed E-state index contributed by atoms with van der Waals surface area (Å²) >= 11 is 12.0. The average molecular weight is 468 g/mol. The first-order valence-electron chi connectivity index (χ1n) is 8.48. The number of halogens is 2. The monoisotopic (exact) mass is 467 g/mol. The molecule has 29 heavy (non-hydrogen) atoms. The molecule has 0 radical (unpaired) electrons. The molecule has 3 amide bonds. The Morgan fingerprint density at radius 2 is 1.83 bits per heavy atom. The first-order chi connectivity index (χ1) is 13.7. The summed E-state index contributed by atoms with van der Waals surface area (Å²) in [4.78, 5) is 34.9. The van der Waals surface area contributed by atoms with E-state index in [1.54, 1.807) is 6.92 Å². The normalized spacial score (nSPS) is 14.9. The zero-order valence-corrected chi connectivity index (χ0v) is 17.7. The molecule has 1 fully saturated rings. The van der Waals surface area contributed by atoms with Crippen molar-refractivity contribution in [3.63, 3.8) is 0 Å². The van der Waals surface area contributed by atoms with Gasteiger partial charge in [-0.2, -0.15) is 4.31 Å². The van der Waals surface area contributed by atoms with Crippen molar-refractivity contribution in [1.82, 2.24) is 14.9 Å². The third-order valence-corrected chi connectivity index (χ3v) is 6.43. The number of hydrogen-bond acceptors (Lipinski definition) is 7. The van der Waals surface area contributed by atoms with E-state index in [1.807, 2.05) is 5.32 Å². The van der Waals surface area contributed by atoms with Crippen LogP contribution in [0.1, 0.15) is 17.3 Å². The molecule has 1 aliphatic rings. The smallest absolute Gasteiger partial charge is 0.340 e. The van der Waals surface area contributed by atoms with E-state index in [2.05, 4.69) is 5.32 Å². The van der Waals surface area contributed by atoms with Crippen molar-refractivity contribution in [2.24, 2.45) is 0 Å². The van der Waals surface area contributed by atoms with E-state index in [-0.39, 0.29) is 46.8 Å². The molecule has 2 rings (SSSR count). The van der Waals surface area contributed by atoms with Gasteiger partial charge in [0.1, 0.15) is 4.90 Å². The van der Waals surface area contributed by atoms with Gasteiger partial charge in [-0.3, -0.25) is 10.1 Å². The molecule has 2 N–H and O–H groups in total. The minimum absolute atomic E-state index is 0.140. The maximum atomic E-state index is 12.8. The number of imide groups is 1. The summed E-state index contributed by atoms with van der Waals surface area (Å²) in [5, 5.41) is 3.99. The van der Waals surface area contributed by atoms with Crippen molar-refractivity contribution in [3.8, 4) is 0 Å². The highest BCUT2D eigenvalue weighted by atomic mass is 35.5. The topological polar surface area (TPSA) is 131 Å². The predicted octanol–water partition coefficient (Wildman–Crippen LogP) is 1.02. The molecule has 0 unspecified atom stereocenters. The molecule has 0 aliphatic carbocycles. The van der Waals surface area contributed by atoms with E-state index in [9.17, 15) is 22.8 Å². The Labute approximate surface area is 177 Å². The second-order valence-electron chi connectivity index (χ2n) is 5.76. The number of hydrogen-bond donors (Lipinski definition) is 2. The highest BCUT2D eigenvalue weighted by Crippen LogP contribution is 2.31. The molecule has 1 saturated heterocycles. The van der Waals surface area contributed by atoms with E-state index in [0.29, 0.717) is 6.54 Å². The minimum Gasteiger partial charge on any atom is -0.452 e. The van der Waals surface area contributed by atoms with Crippen molar-refractivity contribution < 1.29 is 32.3 Å². The van der Waals surface area contributed by atoms with Gasteiger partial charge in [-0.25, -0.2) is 18.0 Å². The Hall–Kier alpha value is -1.92. The fourth-order valence-corrected chi connectivity index (χ4v) is 4.62. The molecule has 0 spiro atoms. The average Bonchev–Trinajstić information content (AvgIpc) is 2.66. The fourth-order valence-electron chi connectivity index (χ4n) is 2.39. The van der Waals surface area contributed by atoms with Crippen LogP contribution in [0.4, 0.5) is 4.79 Å². The number of urea groups is 1.